The van der Waals surface area contributed by atoms with Crippen LogP contribution in [0.1, 0.15) is 12.1 Å². The standard InChI is InChI=1S/C13H11FN2O4/c14-8-1-3-9(4-2-8)16-12(18)7-11(17)10(15-16)5-6-13(19)20/h1-4,7,17H,5-6H2,(H,19,20). The van der Waals surface area contributed by atoms with Gasteiger partial charge in [0.25, 0.3) is 5.56 Å². The summed E-state index contributed by atoms with van der Waals surface area (Å²) in [6.45, 7) is 0. The quantitative estimate of drug-likeness (QED) is 0.873. The Morgan fingerprint density at radius 1 is 1.30 bits per heavy atom. The Morgan fingerprint density at radius 3 is 2.55 bits per heavy atom. The minimum atomic E-state index is -1.04. The van der Waals surface area contributed by atoms with E-state index in [1.807, 2.05) is 0 Å². The van der Waals surface area contributed by atoms with Gasteiger partial charge in [-0.25, -0.2) is 4.39 Å². The van der Waals surface area contributed by atoms with Crippen molar-refractivity contribution in [2.24, 2.45) is 0 Å². The molecule has 0 radical (unpaired) electrons. The van der Waals surface area contributed by atoms with Crippen LogP contribution >= 0.6 is 0 Å². The van der Waals surface area contributed by atoms with Gasteiger partial charge in [0.15, 0.2) is 0 Å². The molecule has 0 aliphatic heterocycles. The number of rotatable bonds is 4. The molecule has 0 aliphatic rings. The van der Waals surface area contributed by atoms with Crippen LogP contribution in [-0.4, -0.2) is 26.0 Å². The van der Waals surface area contributed by atoms with E-state index < -0.39 is 17.3 Å². The van der Waals surface area contributed by atoms with Crippen molar-refractivity contribution in [2.45, 2.75) is 12.8 Å². The van der Waals surface area contributed by atoms with Crippen LogP contribution < -0.4 is 5.56 Å². The molecule has 0 atom stereocenters. The third-order valence-electron chi connectivity index (χ3n) is 2.63. The van der Waals surface area contributed by atoms with Crippen LogP contribution in [0.3, 0.4) is 0 Å². The summed E-state index contributed by atoms with van der Waals surface area (Å²) in [7, 11) is 0. The van der Waals surface area contributed by atoms with Crippen molar-refractivity contribution < 1.29 is 19.4 Å². The molecule has 0 saturated heterocycles. The molecule has 0 unspecified atom stereocenters. The van der Waals surface area contributed by atoms with Gasteiger partial charge in [-0.2, -0.15) is 9.78 Å². The van der Waals surface area contributed by atoms with E-state index in [-0.39, 0.29) is 24.3 Å². The van der Waals surface area contributed by atoms with Crippen LogP contribution in [-0.2, 0) is 11.2 Å². The van der Waals surface area contributed by atoms with Gasteiger partial charge in [0, 0.05) is 12.5 Å². The molecule has 0 fully saturated rings. The number of carboxylic acid groups (broad SMARTS) is 1. The number of aryl methyl sites for hydroxylation is 1. The highest BCUT2D eigenvalue weighted by Crippen LogP contribution is 2.14. The zero-order chi connectivity index (χ0) is 14.7. The van der Waals surface area contributed by atoms with Crippen LogP contribution in [0.5, 0.6) is 5.75 Å². The van der Waals surface area contributed by atoms with Crippen molar-refractivity contribution in [1.29, 1.82) is 0 Å². The molecule has 2 rings (SSSR count). The number of benzene rings is 1. The van der Waals surface area contributed by atoms with Crippen LogP contribution in [0.2, 0.25) is 0 Å². The summed E-state index contributed by atoms with van der Waals surface area (Å²) in [5, 5.41) is 22.1. The number of hydrogen-bond acceptors (Lipinski definition) is 4. The molecular weight excluding hydrogens is 267 g/mol. The summed E-state index contributed by atoms with van der Waals surface area (Å²) in [5.41, 5.74) is -0.169. The highest BCUT2D eigenvalue weighted by Gasteiger charge is 2.11. The maximum atomic E-state index is 12.8. The van der Waals surface area contributed by atoms with Gasteiger partial charge in [-0.15, -0.1) is 0 Å². The van der Waals surface area contributed by atoms with Gasteiger partial charge in [-0.05, 0) is 24.3 Å². The third-order valence-corrected chi connectivity index (χ3v) is 2.63. The molecule has 104 valence electrons. The maximum Gasteiger partial charge on any atom is 0.303 e. The SMILES string of the molecule is O=C(O)CCc1nn(-c2ccc(F)cc2)c(=O)cc1O. The molecule has 1 aromatic heterocycles. The number of nitrogens with zero attached hydrogens (tertiary/aromatic N) is 2. The average Bonchev–Trinajstić information content (AvgIpc) is 2.39. The summed E-state index contributed by atoms with van der Waals surface area (Å²) in [4.78, 5) is 22.3. The lowest BCUT2D eigenvalue weighted by atomic mass is 10.2. The average molecular weight is 278 g/mol. The lowest BCUT2D eigenvalue weighted by molar-refractivity contribution is -0.136. The van der Waals surface area contributed by atoms with Gasteiger partial charge < -0.3 is 10.2 Å². The van der Waals surface area contributed by atoms with Crippen LogP contribution in [0, 0.1) is 5.82 Å². The Bertz CT molecular complexity index is 695. The van der Waals surface area contributed by atoms with Crippen LogP contribution in [0.4, 0.5) is 4.39 Å². The molecule has 1 heterocycles. The zero-order valence-corrected chi connectivity index (χ0v) is 10.3. The van der Waals surface area contributed by atoms with Crippen molar-refractivity contribution in [1.82, 2.24) is 9.78 Å². The van der Waals surface area contributed by atoms with Crippen LogP contribution in [0.15, 0.2) is 35.1 Å². The second-order valence-electron chi connectivity index (χ2n) is 4.10. The minimum absolute atomic E-state index is 0.0113. The fourth-order valence-corrected chi connectivity index (χ4v) is 1.65. The Labute approximate surface area is 112 Å². The number of halogens is 1. The van der Waals surface area contributed by atoms with E-state index in [0.717, 1.165) is 10.7 Å². The molecular formula is C13H11FN2O4. The molecule has 6 nitrogen and oxygen atoms in total. The van der Waals surface area contributed by atoms with Crippen molar-refractivity contribution in [3.8, 4) is 11.4 Å². The minimum Gasteiger partial charge on any atom is -0.506 e. The Kier molecular flexibility index (Phi) is 3.79. The van der Waals surface area contributed by atoms with Gasteiger partial charge in [0.2, 0.25) is 0 Å². The molecule has 0 aliphatic carbocycles. The molecule has 0 spiro atoms. The lowest BCUT2D eigenvalue weighted by Gasteiger charge is -2.08. The molecule has 20 heavy (non-hydrogen) atoms. The van der Waals surface area contributed by atoms with Gasteiger partial charge in [0.1, 0.15) is 17.3 Å². The van der Waals surface area contributed by atoms with E-state index in [9.17, 15) is 19.1 Å². The second kappa shape index (κ2) is 5.52. The third kappa shape index (κ3) is 3.00. The summed E-state index contributed by atoms with van der Waals surface area (Å²) >= 11 is 0. The van der Waals surface area contributed by atoms with E-state index >= 15 is 0 Å². The van der Waals surface area contributed by atoms with Crippen molar-refractivity contribution in [2.75, 3.05) is 0 Å². The predicted octanol–water partition coefficient (Wildman–Crippen LogP) is 1.09. The molecule has 2 N–H and O–H groups in total. The molecule has 7 heteroatoms. The maximum absolute atomic E-state index is 12.8. The first-order valence-corrected chi connectivity index (χ1v) is 5.77. The topological polar surface area (TPSA) is 92.4 Å². The molecule has 0 saturated carbocycles. The number of aromatic hydroxyl groups is 1. The fourth-order valence-electron chi connectivity index (χ4n) is 1.65. The summed E-state index contributed by atoms with van der Waals surface area (Å²) in [6.07, 6.45) is -0.231. The predicted molar refractivity (Wildman–Crippen MR) is 67.4 cm³/mol. The van der Waals surface area contributed by atoms with Crippen molar-refractivity contribution >= 4 is 5.97 Å². The summed E-state index contributed by atoms with van der Waals surface area (Å²) < 4.78 is 13.8. The summed E-state index contributed by atoms with van der Waals surface area (Å²) in [6, 6.07) is 6.03. The zero-order valence-electron chi connectivity index (χ0n) is 10.3. The van der Waals surface area contributed by atoms with Crippen LogP contribution in [0.25, 0.3) is 5.69 Å². The number of carboxylic acids is 1. The van der Waals surface area contributed by atoms with E-state index in [0.29, 0.717) is 5.69 Å². The molecule has 0 bridgehead atoms. The van der Waals surface area contributed by atoms with Gasteiger partial charge >= 0.3 is 5.97 Å². The van der Waals surface area contributed by atoms with E-state index in [1.54, 1.807) is 0 Å². The lowest BCUT2D eigenvalue weighted by Crippen LogP contribution is -2.21. The fraction of sp³-hybridized carbons (Fsp3) is 0.154. The normalized spacial score (nSPS) is 10.4. The van der Waals surface area contributed by atoms with E-state index in [4.69, 9.17) is 5.11 Å². The first-order chi connectivity index (χ1) is 9.47. The van der Waals surface area contributed by atoms with Gasteiger partial charge in [0.05, 0.1) is 12.1 Å². The first kappa shape index (κ1) is 13.7. The second-order valence-corrected chi connectivity index (χ2v) is 4.10. The smallest absolute Gasteiger partial charge is 0.303 e. The monoisotopic (exact) mass is 278 g/mol. The number of aromatic nitrogens is 2. The highest BCUT2D eigenvalue weighted by molar-refractivity contribution is 5.67. The Balaban J connectivity index is 2.43. The number of hydrogen-bond donors (Lipinski definition) is 2. The summed E-state index contributed by atoms with van der Waals surface area (Å²) in [5.74, 6) is -1.84. The molecule has 2 aromatic rings. The molecule has 1 aromatic carbocycles. The van der Waals surface area contributed by atoms with Crippen molar-refractivity contribution in [3.63, 3.8) is 0 Å². The van der Waals surface area contributed by atoms with Crippen molar-refractivity contribution in [3.05, 3.63) is 52.2 Å². The first-order valence-electron chi connectivity index (χ1n) is 5.77. The highest BCUT2D eigenvalue weighted by atomic mass is 19.1. The Hall–Kier alpha value is -2.70. The number of aliphatic carboxylic acids is 1. The van der Waals surface area contributed by atoms with E-state index in [1.165, 1.54) is 24.3 Å². The van der Waals surface area contributed by atoms with E-state index in [2.05, 4.69) is 5.10 Å². The van der Waals surface area contributed by atoms with Gasteiger partial charge in [-0.3, -0.25) is 9.59 Å². The molecule has 0 amide bonds. The Morgan fingerprint density at radius 2 is 1.95 bits per heavy atom. The largest absolute Gasteiger partial charge is 0.506 e. The number of carbonyl (C=O) groups is 1. The van der Waals surface area contributed by atoms with Gasteiger partial charge in [-0.1, -0.05) is 0 Å².